The molecular weight excluding hydrogens is 168 g/mol. The Morgan fingerprint density at radius 2 is 2.00 bits per heavy atom. The van der Waals surface area contributed by atoms with E-state index >= 15 is 0 Å². The fourth-order valence-corrected chi connectivity index (χ4v) is 0.830. The topological polar surface area (TPSA) is 23.8 Å². The summed E-state index contributed by atoms with van der Waals surface area (Å²) >= 11 is 3.68. The van der Waals surface area contributed by atoms with Crippen molar-refractivity contribution < 1.29 is 8.78 Å². The molecule has 0 aliphatic heterocycles. The molecule has 0 unspecified atom stereocenters. The van der Waals surface area contributed by atoms with E-state index in [0.717, 1.165) is 12.1 Å². The lowest BCUT2D eigenvalue weighted by Gasteiger charge is -1.96. The predicted molar refractivity (Wildman–Crippen MR) is 38.3 cm³/mol. The summed E-state index contributed by atoms with van der Waals surface area (Å²) in [7, 11) is 0. The van der Waals surface area contributed by atoms with Crippen molar-refractivity contribution in [3.63, 3.8) is 0 Å². The highest BCUT2D eigenvalue weighted by atomic mass is 32.1. The van der Waals surface area contributed by atoms with E-state index in [-0.39, 0.29) is 4.90 Å². The molecule has 0 aliphatic rings. The minimum absolute atomic E-state index is 0.0250. The first-order chi connectivity index (χ1) is 5.16. The normalized spacial score (nSPS) is 9.27. The zero-order valence-electron chi connectivity index (χ0n) is 5.31. The zero-order valence-corrected chi connectivity index (χ0v) is 6.20. The van der Waals surface area contributed by atoms with Gasteiger partial charge < -0.3 is 0 Å². The molecule has 11 heavy (non-hydrogen) atoms. The van der Waals surface area contributed by atoms with Crippen LogP contribution in [0.25, 0.3) is 0 Å². The molecule has 0 fully saturated rings. The SMILES string of the molecule is N#Cc1c(F)ccc(S)c1F. The number of halogens is 2. The monoisotopic (exact) mass is 171 g/mol. The summed E-state index contributed by atoms with van der Waals surface area (Å²) in [6, 6.07) is 3.57. The van der Waals surface area contributed by atoms with Crippen molar-refractivity contribution in [1.82, 2.24) is 0 Å². The molecular formula is C7H3F2NS. The van der Waals surface area contributed by atoms with Crippen molar-refractivity contribution in [2.75, 3.05) is 0 Å². The minimum Gasteiger partial charge on any atom is -0.205 e. The van der Waals surface area contributed by atoms with Gasteiger partial charge in [0, 0.05) is 4.90 Å². The van der Waals surface area contributed by atoms with Gasteiger partial charge in [-0.2, -0.15) is 5.26 Å². The maximum Gasteiger partial charge on any atom is 0.157 e. The Kier molecular flexibility index (Phi) is 2.11. The number of rotatable bonds is 0. The van der Waals surface area contributed by atoms with Gasteiger partial charge in [0.15, 0.2) is 5.82 Å². The lowest BCUT2D eigenvalue weighted by Crippen LogP contribution is -1.90. The lowest BCUT2D eigenvalue weighted by molar-refractivity contribution is 0.560. The van der Waals surface area contributed by atoms with Crippen LogP contribution in [0.1, 0.15) is 5.56 Å². The van der Waals surface area contributed by atoms with Crippen LogP contribution in [0.2, 0.25) is 0 Å². The number of hydrogen-bond acceptors (Lipinski definition) is 2. The Morgan fingerprint density at radius 1 is 1.36 bits per heavy atom. The standard InChI is InChI=1S/C7H3F2NS/c8-5-1-2-6(11)7(9)4(5)3-10/h1-2,11H. The van der Waals surface area contributed by atoms with Crippen molar-refractivity contribution in [2.24, 2.45) is 0 Å². The number of benzene rings is 1. The summed E-state index contributed by atoms with van der Waals surface area (Å²) in [5.41, 5.74) is -0.586. The average molecular weight is 171 g/mol. The third-order valence-corrected chi connectivity index (χ3v) is 1.53. The van der Waals surface area contributed by atoms with Crippen molar-refractivity contribution in [1.29, 1.82) is 5.26 Å². The van der Waals surface area contributed by atoms with E-state index in [1.54, 1.807) is 0 Å². The van der Waals surface area contributed by atoms with Crippen LogP contribution >= 0.6 is 12.6 Å². The van der Waals surface area contributed by atoms with Gasteiger partial charge in [0.1, 0.15) is 17.4 Å². The summed E-state index contributed by atoms with van der Waals surface area (Å²) < 4.78 is 25.3. The molecule has 0 N–H and O–H groups in total. The van der Waals surface area contributed by atoms with Crippen molar-refractivity contribution >= 4 is 12.6 Å². The number of nitriles is 1. The van der Waals surface area contributed by atoms with Gasteiger partial charge in [-0.05, 0) is 12.1 Å². The molecule has 0 heterocycles. The Labute approximate surface area is 67.7 Å². The van der Waals surface area contributed by atoms with Crippen LogP contribution in [0, 0.1) is 23.0 Å². The lowest BCUT2D eigenvalue weighted by atomic mass is 10.2. The third-order valence-electron chi connectivity index (χ3n) is 1.18. The van der Waals surface area contributed by atoms with Gasteiger partial charge in [-0.15, -0.1) is 12.6 Å². The van der Waals surface area contributed by atoms with Crippen LogP contribution in [-0.4, -0.2) is 0 Å². The summed E-state index contributed by atoms with van der Waals surface area (Å²) in [6.07, 6.45) is 0. The van der Waals surface area contributed by atoms with Gasteiger partial charge in [-0.1, -0.05) is 0 Å². The maximum atomic E-state index is 12.7. The van der Waals surface area contributed by atoms with Gasteiger partial charge in [0.25, 0.3) is 0 Å². The first kappa shape index (κ1) is 8.02. The predicted octanol–water partition coefficient (Wildman–Crippen LogP) is 2.13. The average Bonchev–Trinajstić information content (AvgIpc) is 1.99. The van der Waals surface area contributed by atoms with E-state index in [4.69, 9.17) is 5.26 Å². The van der Waals surface area contributed by atoms with Crippen molar-refractivity contribution in [3.05, 3.63) is 29.3 Å². The third kappa shape index (κ3) is 1.33. The molecule has 0 saturated heterocycles. The second-order valence-electron chi connectivity index (χ2n) is 1.87. The van der Waals surface area contributed by atoms with E-state index in [1.807, 2.05) is 0 Å². The Hall–Kier alpha value is -1.08. The van der Waals surface area contributed by atoms with Gasteiger partial charge in [-0.25, -0.2) is 8.78 Å². The second kappa shape index (κ2) is 2.89. The summed E-state index contributed by atoms with van der Waals surface area (Å²) in [5.74, 6) is -1.77. The summed E-state index contributed by atoms with van der Waals surface area (Å²) in [5, 5.41) is 8.26. The number of hydrogen-bond donors (Lipinski definition) is 1. The van der Waals surface area contributed by atoms with E-state index in [2.05, 4.69) is 12.6 Å². The molecule has 0 aliphatic carbocycles. The fourth-order valence-electron chi connectivity index (χ4n) is 0.644. The van der Waals surface area contributed by atoms with Crippen LogP contribution in [0.3, 0.4) is 0 Å². The summed E-state index contributed by atoms with van der Waals surface area (Å²) in [4.78, 5) is -0.0250. The Bertz CT molecular complexity index is 330. The number of nitrogens with zero attached hydrogens (tertiary/aromatic N) is 1. The molecule has 0 aromatic heterocycles. The highest BCUT2D eigenvalue weighted by Gasteiger charge is 2.09. The van der Waals surface area contributed by atoms with E-state index < -0.39 is 17.2 Å². The number of thiol groups is 1. The molecule has 0 bridgehead atoms. The fraction of sp³-hybridized carbons (Fsp3) is 0. The van der Waals surface area contributed by atoms with Crippen LogP contribution in [0.15, 0.2) is 17.0 Å². The van der Waals surface area contributed by atoms with Crippen LogP contribution in [0.4, 0.5) is 8.78 Å². The smallest absolute Gasteiger partial charge is 0.157 e. The molecule has 0 spiro atoms. The van der Waals surface area contributed by atoms with E-state index in [1.165, 1.54) is 6.07 Å². The Balaban J connectivity index is 3.44. The summed E-state index contributed by atoms with van der Waals surface area (Å²) in [6.45, 7) is 0. The minimum atomic E-state index is -0.907. The van der Waals surface area contributed by atoms with Crippen LogP contribution in [0.5, 0.6) is 0 Å². The second-order valence-corrected chi connectivity index (χ2v) is 2.35. The van der Waals surface area contributed by atoms with Crippen molar-refractivity contribution in [3.8, 4) is 6.07 Å². The highest BCUT2D eigenvalue weighted by molar-refractivity contribution is 7.80. The molecule has 0 atom stereocenters. The maximum absolute atomic E-state index is 12.7. The van der Waals surface area contributed by atoms with Gasteiger partial charge in [0.05, 0.1) is 0 Å². The zero-order chi connectivity index (χ0) is 8.43. The molecule has 1 aromatic rings. The van der Waals surface area contributed by atoms with Crippen molar-refractivity contribution in [2.45, 2.75) is 4.90 Å². The van der Waals surface area contributed by atoms with E-state index in [0.29, 0.717) is 0 Å². The molecule has 1 aromatic carbocycles. The van der Waals surface area contributed by atoms with E-state index in [9.17, 15) is 8.78 Å². The molecule has 56 valence electrons. The largest absolute Gasteiger partial charge is 0.205 e. The molecule has 0 amide bonds. The van der Waals surface area contributed by atoms with Gasteiger partial charge in [0.2, 0.25) is 0 Å². The molecule has 0 radical (unpaired) electrons. The van der Waals surface area contributed by atoms with Gasteiger partial charge >= 0.3 is 0 Å². The quantitative estimate of drug-likeness (QED) is 0.594. The molecule has 1 rings (SSSR count). The van der Waals surface area contributed by atoms with Crippen LogP contribution in [-0.2, 0) is 0 Å². The first-order valence-electron chi connectivity index (χ1n) is 2.74. The van der Waals surface area contributed by atoms with Gasteiger partial charge in [-0.3, -0.25) is 0 Å². The highest BCUT2D eigenvalue weighted by Crippen LogP contribution is 2.18. The molecule has 0 saturated carbocycles. The molecule has 4 heteroatoms. The molecule has 1 nitrogen and oxygen atoms in total. The van der Waals surface area contributed by atoms with Crippen LogP contribution < -0.4 is 0 Å². The Morgan fingerprint density at radius 3 is 2.45 bits per heavy atom. The first-order valence-corrected chi connectivity index (χ1v) is 3.18.